The SMILES string of the molecule is Cc1cc2c(-c3ccc4ccccc4c3)c3cc(C)c(C)cc3c(-c3ccc4ccccc4c3)c2cc1C.Cc1cc2c(-c3ccc4ccccc4c3)c3cc(C)c(C)cc3c(-c3ccc4ccccc4c3)c2cc1C.c1ccc2cc3c(-c4cccc5cc6ccccc6cc45)cccc3cc2c1. The van der Waals surface area contributed by atoms with E-state index in [-0.39, 0.29) is 0 Å². The minimum absolute atomic E-state index is 1.27. The van der Waals surface area contributed by atoms with Crippen LogP contribution in [0.3, 0.4) is 0 Å². The zero-order chi connectivity index (χ0) is 70.4. The van der Waals surface area contributed by atoms with Crippen LogP contribution in [0.5, 0.6) is 0 Å². The average molecular weight is 1330 g/mol. The Morgan fingerprint density at radius 2 is 0.308 bits per heavy atom. The predicted octanol–water partition coefficient (Wildman–Crippen LogP) is 29.7. The molecule has 0 heterocycles. The van der Waals surface area contributed by atoms with Gasteiger partial charge in [0.2, 0.25) is 0 Å². The Balaban J connectivity index is 0.000000113. The van der Waals surface area contributed by atoms with Crippen LogP contribution in [0.15, 0.2) is 328 Å². The summed E-state index contributed by atoms with van der Waals surface area (Å²) in [7, 11) is 0. The van der Waals surface area contributed by atoms with Crippen molar-refractivity contribution >= 4 is 129 Å². The summed E-state index contributed by atoms with van der Waals surface area (Å²) < 4.78 is 0. The molecule has 0 aliphatic rings. The van der Waals surface area contributed by atoms with Crippen LogP contribution in [0.2, 0.25) is 0 Å². The minimum Gasteiger partial charge on any atom is -0.0616 e. The third kappa shape index (κ3) is 11.3. The first kappa shape index (κ1) is 63.7. The van der Waals surface area contributed by atoms with E-state index in [1.54, 1.807) is 0 Å². The van der Waals surface area contributed by atoms with Gasteiger partial charge in [-0.25, -0.2) is 0 Å². The van der Waals surface area contributed by atoms with E-state index in [1.807, 2.05) is 0 Å². The molecule has 0 radical (unpaired) electrons. The van der Waals surface area contributed by atoms with E-state index in [4.69, 9.17) is 0 Å². The van der Waals surface area contributed by atoms with Crippen LogP contribution in [-0.2, 0) is 0 Å². The zero-order valence-electron chi connectivity index (χ0n) is 60.2. The lowest BCUT2D eigenvalue weighted by molar-refractivity contribution is 1.36. The second-order valence-corrected chi connectivity index (χ2v) is 29.1. The maximum Gasteiger partial charge on any atom is -0.00259 e. The number of benzene rings is 20. The maximum absolute atomic E-state index is 2.41. The van der Waals surface area contributed by atoms with Gasteiger partial charge in [0.25, 0.3) is 0 Å². The molecule has 494 valence electrons. The van der Waals surface area contributed by atoms with Crippen molar-refractivity contribution < 1.29 is 0 Å². The molecule has 0 saturated heterocycles. The summed E-state index contributed by atoms with van der Waals surface area (Å²) in [6, 6.07) is 121. The van der Waals surface area contributed by atoms with E-state index in [9.17, 15) is 0 Å². The van der Waals surface area contributed by atoms with E-state index < -0.39 is 0 Å². The third-order valence-electron chi connectivity index (χ3n) is 22.6. The van der Waals surface area contributed by atoms with Crippen molar-refractivity contribution in [1.29, 1.82) is 0 Å². The Hall–Kier alpha value is -12.5. The molecule has 0 unspecified atom stereocenters. The Morgan fingerprint density at radius 1 is 0.125 bits per heavy atom. The Bertz CT molecular complexity index is 6080. The molecule has 20 rings (SSSR count). The molecule has 0 saturated carbocycles. The van der Waals surface area contributed by atoms with Gasteiger partial charge in [-0.1, -0.05) is 279 Å². The van der Waals surface area contributed by atoms with E-state index in [1.165, 1.54) is 229 Å². The predicted molar refractivity (Wildman–Crippen MR) is 454 cm³/mol. The van der Waals surface area contributed by atoms with Gasteiger partial charge in [0, 0.05) is 0 Å². The quantitative estimate of drug-likeness (QED) is 0.151. The smallest absolute Gasteiger partial charge is 0.00259 e. The van der Waals surface area contributed by atoms with Crippen molar-refractivity contribution in [3.05, 3.63) is 372 Å². The Labute approximate surface area is 608 Å². The van der Waals surface area contributed by atoms with Gasteiger partial charge in [-0.15, -0.1) is 0 Å². The van der Waals surface area contributed by atoms with Crippen LogP contribution >= 0.6 is 0 Å². The first-order valence-electron chi connectivity index (χ1n) is 36.6. The summed E-state index contributed by atoms with van der Waals surface area (Å²) in [5.74, 6) is 0. The van der Waals surface area contributed by atoms with Crippen LogP contribution in [0.1, 0.15) is 44.5 Å². The van der Waals surface area contributed by atoms with E-state index in [2.05, 4.69) is 383 Å². The van der Waals surface area contributed by atoms with Crippen molar-refractivity contribution in [2.24, 2.45) is 0 Å². The van der Waals surface area contributed by atoms with Gasteiger partial charge < -0.3 is 0 Å². The maximum atomic E-state index is 2.41. The van der Waals surface area contributed by atoms with E-state index >= 15 is 0 Å². The van der Waals surface area contributed by atoms with Crippen molar-refractivity contribution in [2.75, 3.05) is 0 Å². The Kier molecular flexibility index (Phi) is 15.8. The molecule has 0 aliphatic heterocycles. The topological polar surface area (TPSA) is 0 Å². The first-order chi connectivity index (χ1) is 50.8. The summed E-state index contributed by atoms with van der Waals surface area (Å²) in [6.45, 7) is 17.9. The lowest BCUT2D eigenvalue weighted by Gasteiger charge is -2.21. The number of rotatable bonds is 5. The van der Waals surface area contributed by atoms with Crippen LogP contribution in [-0.4, -0.2) is 0 Å². The van der Waals surface area contributed by atoms with Gasteiger partial charge in [-0.05, 0) is 333 Å². The summed E-state index contributed by atoms with van der Waals surface area (Å²) in [4.78, 5) is 0. The second-order valence-electron chi connectivity index (χ2n) is 29.1. The van der Waals surface area contributed by atoms with Crippen molar-refractivity contribution in [2.45, 2.75) is 55.4 Å². The molecule has 0 bridgehead atoms. The molecule has 0 heteroatoms. The summed E-state index contributed by atoms with van der Waals surface area (Å²) in [6.07, 6.45) is 0. The van der Waals surface area contributed by atoms with Gasteiger partial charge in [-0.3, -0.25) is 0 Å². The molecule has 0 amide bonds. The number of aryl methyl sites for hydroxylation is 8. The van der Waals surface area contributed by atoms with Crippen molar-refractivity contribution in [3.63, 3.8) is 0 Å². The van der Waals surface area contributed by atoms with Gasteiger partial charge >= 0.3 is 0 Å². The molecule has 0 aliphatic carbocycles. The molecule has 20 aromatic carbocycles. The molecular formula is C104H78. The minimum atomic E-state index is 1.27. The third-order valence-corrected chi connectivity index (χ3v) is 22.6. The fourth-order valence-electron chi connectivity index (χ4n) is 16.5. The van der Waals surface area contributed by atoms with Crippen molar-refractivity contribution in [1.82, 2.24) is 0 Å². The lowest BCUT2D eigenvalue weighted by Crippen LogP contribution is -1.95. The second kappa shape index (κ2) is 25.8. The summed E-state index contributed by atoms with van der Waals surface area (Å²) in [5, 5.41) is 31.1. The molecule has 0 aromatic heterocycles. The zero-order valence-corrected chi connectivity index (χ0v) is 60.2. The molecule has 20 aromatic rings. The van der Waals surface area contributed by atoms with Gasteiger partial charge in [-0.2, -0.15) is 0 Å². The van der Waals surface area contributed by atoms with E-state index in [0.717, 1.165) is 0 Å². The normalized spacial score (nSPS) is 11.7. The van der Waals surface area contributed by atoms with Crippen molar-refractivity contribution in [3.8, 4) is 55.6 Å². The monoisotopic (exact) mass is 1330 g/mol. The number of hydrogen-bond acceptors (Lipinski definition) is 0. The van der Waals surface area contributed by atoms with Gasteiger partial charge in [0.05, 0.1) is 0 Å². The van der Waals surface area contributed by atoms with Crippen LogP contribution < -0.4 is 0 Å². The molecule has 0 spiro atoms. The highest BCUT2D eigenvalue weighted by Crippen LogP contribution is 2.49. The van der Waals surface area contributed by atoms with E-state index in [0.29, 0.717) is 0 Å². The van der Waals surface area contributed by atoms with Crippen LogP contribution in [0.25, 0.3) is 185 Å². The molecule has 0 atom stereocenters. The standard InChI is InChI=1S/2C38H30.C28H18/c2*1-23-17-33-34(18-24(23)2)38(32-16-14-28-10-6-8-12-30(28)22-32)36-20-26(4)25(3)19-35(36)37(33)31-15-13-27-9-5-7-11-29(27)21-31;1-3-9-21-17-27-23(15-19(21)7-1)11-5-13-25(27)26-14-6-12-24-16-20-8-2-4-10-22(20)18-28(24)26/h2*5-22H,1-4H3;1-18H. The molecule has 0 fully saturated rings. The van der Waals surface area contributed by atoms with Crippen LogP contribution in [0.4, 0.5) is 0 Å². The molecule has 104 heavy (non-hydrogen) atoms. The highest BCUT2D eigenvalue weighted by Gasteiger charge is 2.22. The Morgan fingerprint density at radius 3 is 0.529 bits per heavy atom. The van der Waals surface area contributed by atoms with Crippen LogP contribution in [0, 0.1) is 55.4 Å². The number of fused-ring (bicyclic) bond motifs is 12. The lowest BCUT2D eigenvalue weighted by atomic mass is 9.83. The van der Waals surface area contributed by atoms with Gasteiger partial charge in [0.1, 0.15) is 0 Å². The summed E-state index contributed by atoms with van der Waals surface area (Å²) >= 11 is 0. The fraction of sp³-hybridized carbons (Fsp3) is 0.0769. The molecular weight excluding hydrogens is 1250 g/mol. The fourth-order valence-corrected chi connectivity index (χ4v) is 16.5. The first-order valence-corrected chi connectivity index (χ1v) is 36.6. The highest BCUT2D eigenvalue weighted by atomic mass is 14.3. The largest absolute Gasteiger partial charge is 0.0616 e. The highest BCUT2D eigenvalue weighted by molar-refractivity contribution is 6.25. The number of hydrogen-bond donors (Lipinski definition) is 0. The summed E-state index contributed by atoms with van der Waals surface area (Å²) in [5.41, 5.74) is 23.6. The average Bonchev–Trinajstić information content (AvgIpc) is 0.728. The molecule has 0 N–H and O–H groups in total. The molecule has 0 nitrogen and oxygen atoms in total. The van der Waals surface area contributed by atoms with Gasteiger partial charge in [0.15, 0.2) is 0 Å².